The molecule has 1 unspecified atom stereocenters. The Morgan fingerprint density at radius 1 is 1.12 bits per heavy atom. The van der Waals surface area contributed by atoms with Gasteiger partial charge in [-0.1, -0.05) is 17.7 Å². The van der Waals surface area contributed by atoms with E-state index in [9.17, 15) is 9.59 Å². The van der Waals surface area contributed by atoms with Gasteiger partial charge >= 0.3 is 0 Å². The maximum absolute atomic E-state index is 12.3. The summed E-state index contributed by atoms with van der Waals surface area (Å²) < 4.78 is 1.51. The molecule has 0 saturated heterocycles. The standard InChI is InChI=1S/C18H18N6O2/c1-12-4-3-5-14(10-12)18(26)20-13(2)17(25)21-15-6-8-16(9-7-15)24-11-19-22-23-24/h3-11,13H,1-2H3,(H,20,26)(H,21,25). The van der Waals surface area contributed by atoms with Gasteiger partial charge in [-0.3, -0.25) is 9.59 Å². The van der Waals surface area contributed by atoms with Crippen LogP contribution in [0, 0.1) is 6.92 Å². The van der Waals surface area contributed by atoms with E-state index in [-0.39, 0.29) is 11.8 Å². The first kappa shape index (κ1) is 17.3. The average molecular weight is 350 g/mol. The SMILES string of the molecule is Cc1cccc(C(=O)NC(C)C(=O)Nc2ccc(-n3cnnn3)cc2)c1. The molecule has 0 bridgehead atoms. The number of benzene rings is 2. The Bertz CT molecular complexity index is 906. The fourth-order valence-corrected chi connectivity index (χ4v) is 2.36. The largest absolute Gasteiger partial charge is 0.341 e. The molecule has 1 heterocycles. The van der Waals surface area contributed by atoms with E-state index in [0.717, 1.165) is 11.3 Å². The number of nitrogens with zero attached hydrogens (tertiary/aromatic N) is 4. The summed E-state index contributed by atoms with van der Waals surface area (Å²) in [5, 5.41) is 16.4. The molecule has 8 heteroatoms. The van der Waals surface area contributed by atoms with Crippen LogP contribution < -0.4 is 10.6 Å². The summed E-state index contributed by atoms with van der Waals surface area (Å²) in [6, 6.07) is 13.6. The number of aromatic nitrogens is 4. The van der Waals surface area contributed by atoms with Crippen LogP contribution in [0.4, 0.5) is 5.69 Å². The number of rotatable bonds is 5. The van der Waals surface area contributed by atoms with Crippen molar-refractivity contribution >= 4 is 17.5 Å². The third-order valence-electron chi connectivity index (χ3n) is 3.77. The summed E-state index contributed by atoms with van der Waals surface area (Å²) in [5.74, 6) is -0.591. The van der Waals surface area contributed by atoms with E-state index in [1.54, 1.807) is 49.4 Å². The number of aryl methyl sites for hydroxylation is 1. The molecule has 3 aromatic rings. The van der Waals surface area contributed by atoms with Crippen LogP contribution in [0.3, 0.4) is 0 Å². The smallest absolute Gasteiger partial charge is 0.251 e. The lowest BCUT2D eigenvalue weighted by Gasteiger charge is -2.14. The lowest BCUT2D eigenvalue weighted by Crippen LogP contribution is -2.41. The van der Waals surface area contributed by atoms with Crippen molar-refractivity contribution in [3.8, 4) is 5.69 Å². The van der Waals surface area contributed by atoms with E-state index in [2.05, 4.69) is 26.2 Å². The maximum Gasteiger partial charge on any atom is 0.251 e. The second kappa shape index (κ2) is 7.56. The zero-order chi connectivity index (χ0) is 18.5. The van der Waals surface area contributed by atoms with Crippen LogP contribution in [0.5, 0.6) is 0 Å². The second-order valence-corrected chi connectivity index (χ2v) is 5.86. The van der Waals surface area contributed by atoms with Crippen molar-refractivity contribution in [3.05, 3.63) is 66.0 Å². The quantitative estimate of drug-likeness (QED) is 0.730. The average Bonchev–Trinajstić information content (AvgIpc) is 3.17. The highest BCUT2D eigenvalue weighted by Crippen LogP contribution is 2.12. The van der Waals surface area contributed by atoms with Gasteiger partial charge in [0.2, 0.25) is 5.91 Å². The fraction of sp³-hybridized carbons (Fsp3) is 0.167. The molecule has 0 aliphatic heterocycles. The highest BCUT2D eigenvalue weighted by molar-refractivity contribution is 6.01. The van der Waals surface area contributed by atoms with Crippen LogP contribution >= 0.6 is 0 Å². The number of carbonyl (C=O) groups is 2. The van der Waals surface area contributed by atoms with Crippen molar-refractivity contribution in [2.75, 3.05) is 5.32 Å². The Morgan fingerprint density at radius 3 is 2.54 bits per heavy atom. The van der Waals surface area contributed by atoms with Crippen molar-refractivity contribution < 1.29 is 9.59 Å². The van der Waals surface area contributed by atoms with E-state index in [1.165, 1.54) is 11.0 Å². The summed E-state index contributed by atoms with van der Waals surface area (Å²) in [6.45, 7) is 3.55. The Labute approximate surface area is 150 Å². The normalized spacial score (nSPS) is 11.6. The predicted molar refractivity (Wildman–Crippen MR) is 95.9 cm³/mol. The molecule has 0 saturated carbocycles. The number of anilines is 1. The highest BCUT2D eigenvalue weighted by Gasteiger charge is 2.17. The Morgan fingerprint density at radius 2 is 1.88 bits per heavy atom. The van der Waals surface area contributed by atoms with Gasteiger partial charge in [0.05, 0.1) is 5.69 Å². The van der Waals surface area contributed by atoms with Crippen LogP contribution in [-0.4, -0.2) is 38.1 Å². The molecule has 0 spiro atoms. The molecule has 1 atom stereocenters. The van der Waals surface area contributed by atoms with E-state index in [1.807, 2.05) is 13.0 Å². The van der Waals surface area contributed by atoms with Gasteiger partial charge in [0, 0.05) is 11.3 Å². The monoisotopic (exact) mass is 350 g/mol. The third kappa shape index (κ3) is 4.10. The second-order valence-electron chi connectivity index (χ2n) is 5.86. The van der Waals surface area contributed by atoms with Gasteiger partial charge in [0.25, 0.3) is 5.91 Å². The summed E-state index contributed by atoms with van der Waals surface area (Å²) in [5.41, 5.74) is 2.89. The minimum absolute atomic E-state index is 0.287. The molecule has 8 nitrogen and oxygen atoms in total. The van der Waals surface area contributed by atoms with Crippen molar-refractivity contribution in [3.63, 3.8) is 0 Å². The molecule has 26 heavy (non-hydrogen) atoms. The van der Waals surface area contributed by atoms with Crippen LogP contribution in [0.15, 0.2) is 54.9 Å². The van der Waals surface area contributed by atoms with Gasteiger partial charge in [-0.2, -0.15) is 0 Å². The van der Waals surface area contributed by atoms with Crippen molar-refractivity contribution in [2.24, 2.45) is 0 Å². The molecule has 2 amide bonds. The zero-order valence-electron chi connectivity index (χ0n) is 14.4. The van der Waals surface area contributed by atoms with Crippen molar-refractivity contribution in [1.29, 1.82) is 0 Å². The van der Waals surface area contributed by atoms with Gasteiger partial charge in [-0.25, -0.2) is 4.68 Å². The number of carbonyl (C=O) groups excluding carboxylic acids is 2. The maximum atomic E-state index is 12.3. The highest BCUT2D eigenvalue weighted by atomic mass is 16.2. The van der Waals surface area contributed by atoms with Gasteiger partial charge in [-0.05, 0) is 60.7 Å². The van der Waals surface area contributed by atoms with E-state index < -0.39 is 6.04 Å². The van der Waals surface area contributed by atoms with Crippen LogP contribution in [0.2, 0.25) is 0 Å². The van der Waals surface area contributed by atoms with Crippen LogP contribution in [0.25, 0.3) is 5.69 Å². The molecule has 2 aromatic carbocycles. The topological polar surface area (TPSA) is 102 Å². The Balaban J connectivity index is 1.59. The number of nitrogens with one attached hydrogen (secondary N) is 2. The Kier molecular flexibility index (Phi) is 5.02. The summed E-state index contributed by atoms with van der Waals surface area (Å²) in [7, 11) is 0. The van der Waals surface area contributed by atoms with Crippen LogP contribution in [-0.2, 0) is 4.79 Å². The lowest BCUT2D eigenvalue weighted by atomic mass is 10.1. The Hall–Kier alpha value is -3.55. The molecule has 0 aliphatic rings. The first-order valence-electron chi connectivity index (χ1n) is 8.05. The number of hydrogen-bond donors (Lipinski definition) is 2. The molecular formula is C18H18N6O2. The van der Waals surface area contributed by atoms with Gasteiger partial charge in [0.15, 0.2) is 0 Å². The first-order chi connectivity index (χ1) is 12.5. The molecule has 0 radical (unpaired) electrons. The summed E-state index contributed by atoms with van der Waals surface area (Å²) >= 11 is 0. The van der Waals surface area contributed by atoms with E-state index in [0.29, 0.717) is 11.3 Å². The summed E-state index contributed by atoms with van der Waals surface area (Å²) in [4.78, 5) is 24.5. The zero-order valence-corrected chi connectivity index (χ0v) is 14.4. The lowest BCUT2D eigenvalue weighted by molar-refractivity contribution is -0.117. The molecule has 2 N–H and O–H groups in total. The molecular weight excluding hydrogens is 332 g/mol. The molecule has 0 aliphatic carbocycles. The van der Waals surface area contributed by atoms with Crippen molar-refractivity contribution in [1.82, 2.24) is 25.5 Å². The van der Waals surface area contributed by atoms with Crippen molar-refractivity contribution in [2.45, 2.75) is 19.9 Å². The molecule has 3 rings (SSSR count). The predicted octanol–water partition coefficient (Wildman–Crippen LogP) is 1.73. The number of hydrogen-bond acceptors (Lipinski definition) is 5. The third-order valence-corrected chi connectivity index (χ3v) is 3.77. The van der Waals surface area contributed by atoms with Gasteiger partial charge < -0.3 is 10.6 Å². The minimum atomic E-state index is -0.679. The molecule has 0 fully saturated rings. The first-order valence-corrected chi connectivity index (χ1v) is 8.05. The molecule has 1 aromatic heterocycles. The summed E-state index contributed by atoms with van der Waals surface area (Å²) in [6.07, 6.45) is 1.48. The number of tetrazole rings is 1. The number of amides is 2. The van der Waals surface area contributed by atoms with E-state index >= 15 is 0 Å². The molecule has 132 valence electrons. The fourth-order valence-electron chi connectivity index (χ4n) is 2.36. The van der Waals surface area contributed by atoms with Gasteiger partial charge in [-0.15, -0.1) is 5.10 Å². The minimum Gasteiger partial charge on any atom is -0.341 e. The van der Waals surface area contributed by atoms with Gasteiger partial charge in [0.1, 0.15) is 12.4 Å². The van der Waals surface area contributed by atoms with Crippen LogP contribution in [0.1, 0.15) is 22.8 Å². The van der Waals surface area contributed by atoms with E-state index in [4.69, 9.17) is 0 Å².